The van der Waals surface area contributed by atoms with E-state index < -0.39 is 9.84 Å². The molecule has 118 valence electrons. The lowest BCUT2D eigenvalue weighted by atomic mass is 10.1. The third-order valence-corrected chi connectivity index (χ3v) is 6.59. The Bertz CT molecular complexity index is 727. The molecule has 0 N–H and O–H groups in total. The molecule has 6 nitrogen and oxygen atoms in total. The predicted octanol–water partition coefficient (Wildman–Crippen LogP) is 0.809. The minimum atomic E-state index is -3.29. The van der Waals surface area contributed by atoms with E-state index in [0.29, 0.717) is 32.5 Å². The summed E-state index contributed by atoms with van der Waals surface area (Å²) in [6.07, 6.45) is 1.38. The van der Waals surface area contributed by atoms with Gasteiger partial charge in [0.15, 0.2) is 9.84 Å². The summed E-state index contributed by atoms with van der Waals surface area (Å²) in [5, 5.41) is -0.300. The molecular formula is C15H18N2O4S. The monoisotopic (exact) mass is 322 g/mol. The fraction of sp³-hybridized carbons (Fsp3) is 0.533. The topological polar surface area (TPSA) is 66.9 Å². The van der Waals surface area contributed by atoms with Crippen molar-refractivity contribution in [1.29, 1.82) is 0 Å². The van der Waals surface area contributed by atoms with Gasteiger partial charge in [0.2, 0.25) is 5.91 Å². The van der Waals surface area contributed by atoms with E-state index in [-0.39, 0.29) is 16.9 Å². The first-order chi connectivity index (χ1) is 10.6. The summed E-state index contributed by atoms with van der Waals surface area (Å²) in [6, 6.07) is 5.60. The molecule has 22 heavy (non-hydrogen) atoms. The molecule has 0 atom stereocenters. The summed E-state index contributed by atoms with van der Waals surface area (Å²) < 4.78 is 29.8. The van der Waals surface area contributed by atoms with Gasteiger partial charge in [-0.3, -0.25) is 4.79 Å². The highest BCUT2D eigenvalue weighted by atomic mass is 32.2. The van der Waals surface area contributed by atoms with Crippen LogP contribution in [0.3, 0.4) is 0 Å². The van der Waals surface area contributed by atoms with Gasteiger partial charge in [-0.1, -0.05) is 6.07 Å². The summed E-state index contributed by atoms with van der Waals surface area (Å²) in [7, 11) is -3.29. The number of ether oxygens (including phenoxy) is 1. The van der Waals surface area contributed by atoms with Crippen molar-refractivity contribution >= 4 is 27.1 Å². The lowest BCUT2D eigenvalue weighted by Gasteiger charge is -2.40. The predicted molar refractivity (Wildman–Crippen MR) is 83.3 cm³/mol. The molecule has 0 radical (unpaired) electrons. The van der Waals surface area contributed by atoms with Crippen LogP contribution >= 0.6 is 0 Å². The van der Waals surface area contributed by atoms with Crippen molar-refractivity contribution in [1.82, 2.24) is 0 Å². The fourth-order valence-electron chi connectivity index (χ4n) is 3.16. The number of amides is 1. The van der Waals surface area contributed by atoms with Gasteiger partial charge in [0.1, 0.15) is 23.8 Å². The molecule has 1 fully saturated rings. The van der Waals surface area contributed by atoms with Crippen LogP contribution < -0.4 is 14.5 Å². The van der Waals surface area contributed by atoms with Crippen LogP contribution in [0.4, 0.5) is 11.4 Å². The van der Waals surface area contributed by atoms with E-state index in [9.17, 15) is 13.2 Å². The van der Waals surface area contributed by atoms with E-state index in [4.69, 9.17) is 4.74 Å². The van der Waals surface area contributed by atoms with Crippen LogP contribution in [0.25, 0.3) is 0 Å². The molecule has 1 aromatic carbocycles. The zero-order chi connectivity index (χ0) is 15.3. The minimum absolute atomic E-state index is 0.300. The van der Waals surface area contributed by atoms with Crippen molar-refractivity contribution in [2.45, 2.75) is 18.1 Å². The maximum Gasteiger partial charge on any atom is 0.242 e. The molecule has 1 aliphatic carbocycles. The lowest BCUT2D eigenvalue weighted by Crippen LogP contribution is -2.48. The molecular weight excluding hydrogens is 304 g/mol. The fourth-order valence-corrected chi connectivity index (χ4v) is 4.75. The van der Waals surface area contributed by atoms with Crippen LogP contribution in [0.5, 0.6) is 5.75 Å². The first kappa shape index (κ1) is 13.9. The molecule has 1 saturated carbocycles. The SMILES string of the molecule is O=C(CS(=O)(=O)C1CC1)N1CCN2CCOc3cccc1c32. The standard InChI is InChI=1S/C15H18N2O4S/c18-14(10-22(19,20)11-4-5-11)17-7-6-16-8-9-21-13-3-1-2-12(17)15(13)16/h1-3,11H,4-10H2. The normalized spacial score (nSPS) is 20.4. The minimum Gasteiger partial charge on any atom is -0.489 e. The largest absolute Gasteiger partial charge is 0.489 e. The number of para-hydroxylation sites is 1. The van der Waals surface area contributed by atoms with E-state index in [1.807, 2.05) is 18.2 Å². The Morgan fingerprint density at radius 2 is 2.05 bits per heavy atom. The Kier molecular flexibility index (Phi) is 3.07. The smallest absolute Gasteiger partial charge is 0.242 e. The third-order valence-electron chi connectivity index (χ3n) is 4.45. The van der Waals surface area contributed by atoms with E-state index >= 15 is 0 Å². The summed E-state index contributed by atoms with van der Waals surface area (Å²) in [6.45, 7) is 2.67. The van der Waals surface area contributed by atoms with Crippen LogP contribution in [0.2, 0.25) is 0 Å². The Morgan fingerprint density at radius 3 is 2.82 bits per heavy atom. The van der Waals surface area contributed by atoms with Crippen LogP contribution in [-0.4, -0.2) is 51.6 Å². The van der Waals surface area contributed by atoms with Crippen molar-refractivity contribution < 1.29 is 17.9 Å². The zero-order valence-corrected chi connectivity index (χ0v) is 13.0. The van der Waals surface area contributed by atoms with Crippen molar-refractivity contribution in [2.75, 3.05) is 41.8 Å². The van der Waals surface area contributed by atoms with Gasteiger partial charge >= 0.3 is 0 Å². The van der Waals surface area contributed by atoms with Crippen LogP contribution in [-0.2, 0) is 14.6 Å². The van der Waals surface area contributed by atoms with Gasteiger partial charge < -0.3 is 14.5 Å². The van der Waals surface area contributed by atoms with Gasteiger partial charge in [-0.2, -0.15) is 0 Å². The van der Waals surface area contributed by atoms with Gasteiger partial charge in [0.05, 0.1) is 17.5 Å². The van der Waals surface area contributed by atoms with Gasteiger partial charge in [-0.05, 0) is 25.0 Å². The Morgan fingerprint density at radius 1 is 1.23 bits per heavy atom. The number of anilines is 2. The van der Waals surface area contributed by atoms with Crippen molar-refractivity contribution in [3.8, 4) is 5.75 Å². The molecule has 4 rings (SSSR count). The van der Waals surface area contributed by atoms with Crippen molar-refractivity contribution in [2.24, 2.45) is 0 Å². The van der Waals surface area contributed by atoms with Crippen LogP contribution in [0, 0.1) is 0 Å². The Balaban J connectivity index is 1.65. The number of hydrogen-bond acceptors (Lipinski definition) is 5. The van der Waals surface area contributed by atoms with Crippen LogP contribution in [0.1, 0.15) is 12.8 Å². The second-order valence-electron chi connectivity index (χ2n) is 6.01. The quantitative estimate of drug-likeness (QED) is 0.824. The maximum atomic E-state index is 12.5. The third kappa shape index (κ3) is 2.24. The zero-order valence-electron chi connectivity index (χ0n) is 12.2. The molecule has 3 aliphatic rings. The number of nitrogens with zero attached hydrogens (tertiary/aromatic N) is 2. The second kappa shape index (κ2) is 4.87. The van der Waals surface area contributed by atoms with Crippen molar-refractivity contribution in [3.63, 3.8) is 0 Å². The molecule has 1 amide bonds. The summed E-state index contributed by atoms with van der Waals surface area (Å²) in [5.74, 6) is 0.0548. The molecule has 1 aromatic rings. The van der Waals surface area contributed by atoms with E-state index in [1.165, 1.54) is 0 Å². The highest BCUT2D eigenvalue weighted by Crippen LogP contribution is 2.42. The molecule has 2 heterocycles. The van der Waals surface area contributed by atoms with Crippen molar-refractivity contribution in [3.05, 3.63) is 18.2 Å². The number of carbonyl (C=O) groups is 1. The summed E-state index contributed by atoms with van der Waals surface area (Å²) in [4.78, 5) is 16.3. The van der Waals surface area contributed by atoms with Gasteiger partial charge in [0.25, 0.3) is 0 Å². The number of hydrogen-bond donors (Lipinski definition) is 0. The first-order valence-corrected chi connectivity index (χ1v) is 9.30. The number of sulfone groups is 1. The molecule has 0 unspecified atom stereocenters. The van der Waals surface area contributed by atoms with Gasteiger partial charge in [0, 0.05) is 13.1 Å². The number of carbonyl (C=O) groups excluding carboxylic acids is 1. The van der Waals surface area contributed by atoms with E-state index in [0.717, 1.165) is 23.7 Å². The highest BCUT2D eigenvalue weighted by Gasteiger charge is 2.39. The van der Waals surface area contributed by atoms with Gasteiger partial charge in [-0.25, -0.2) is 8.42 Å². The molecule has 0 bridgehead atoms. The average molecular weight is 322 g/mol. The molecule has 0 aromatic heterocycles. The molecule has 0 spiro atoms. The van der Waals surface area contributed by atoms with E-state index in [2.05, 4.69) is 4.90 Å². The summed E-state index contributed by atoms with van der Waals surface area (Å²) in [5.41, 5.74) is 1.68. The Hall–Kier alpha value is -1.76. The van der Waals surface area contributed by atoms with Gasteiger partial charge in [-0.15, -0.1) is 0 Å². The first-order valence-electron chi connectivity index (χ1n) is 7.59. The Labute approximate surface area is 129 Å². The molecule has 0 saturated heterocycles. The number of benzene rings is 1. The second-order valence-corrected chi connectivity index (χ2v) is 8.29. The maximum absolute atomic E-state index is 12.5. The van der Waals surface area contributed by atoms with E-state index in [1.54, 1.807) is 4.90 Å². The lowest BCUT2D eigenvalue weighted by molar-refractivity contribution is -0.116. The summed E-state index contributed by atoms with van der Waals surface area (Å²) >= 11 is 0. The molecule has 2 aliphatic heterocycles. The highest BCUT2D eigenvalue weighted by molar-refractivity contribution is 7.93. The average Bonchev–Trinajstić information content (AvgIpc) is 3.33. The number of rotatable bonds is 3. The molecule has 7 heteroatoms. The van der Waals surface area contributed by atoms with Crippen LogP contribution in [0.15, 0.2) is 18.2 Å².